The zero-order valence-corrected chi connectivity index (χ0v) is 12.6. The van der Waals surface area contributed by atoms with E-state index in [9.17, 15) is 4.79 Å². The molecule has 2 aromatic rings. The highest BCUT2D eigenvalue weighted by Crippen LogP contribution is 2.25. The van der Waals surface area contributed by atoms with Crippen LogP contribution in [0.4, 0.5) is 0 Å². The van der Waals surface area contributed by atoms with Gasteiger partial charge < -0.3 is 4.74 Å². The smallest absolute Gasteiger partial charge is 0.193 e. The number of hydrogen-bond donors (Lipinski definition) is 0. The first kappa shape index (κ1) is 13.9. The molecule has 0 atom stereocenters. The van der Waals surface area contributed by atoms with Crippen molar-refractivity contribution in [1.82, 2.24) is 0 Å². The van der Waals surface area contributed by atoms with Gasteiger partial charge in [-0.2, -0.15) is 0 Å². The monoisotopic (exact) mass is 280 g/mol. The van der Waals surface area contributed by atoms with Crippen molar-refractivity contribution in [2.24, 2.45) is 0 Å². The van der Waals surface area contributed by atoms with E-state index in [4.69, 9.17) is 4.74 Å². The molecule has 0 amide bonds. The van der Waals surface area contributed by atoms with Crippen LogP contribution in [0.25, 0.3) is 0 Å². The molecule has 0 saturated heterocycles. The molecule has 0 fully saturated rings. The molecule has 1 aliphatic carbocycles. The van der Waals surface area contributed by atoms with Gasteiger partial charge in [0.25, 0.3) is 0 Å². The predicted molar refractivity (Wildman–Crippen MR) is 84.1 cm³/mol. The molecule has 2 nitrogen and oxygen atoms in total. The van der Waals surface area contributed by atoms with E-state index in [1.165, 1.54) is 17.5 Å². The van der Waals surface area contributed by atoms with Crippen LogP contribution in [0.2, 0.25) is 0 Å². The largest absolute Gasteiger partial charge is 0.491 e. The van der Waals surface area contributed by atoms with Crippen molar-refractivity contribution in [3.8, 4) is 5.75 Å². The number of benzene rings is 2. The standard InChI is InChI=1S/C19H20O2/c1-13(2)21-18-8-4-7-16(12-18)19(20)17-10-9-14-5-3-6-15(14)11-17/h4,7-13H,3,5-6H2,1-2H3. The number of ketones is 1. The van der Waals surface area contributed by atoms with Crippen LogP contribution in [0.3, 0.4) is 0 Å². The molecule has 0 saturated carbocycles. The van der Waals surface area contributed by atoms with Gasteiger partial charge in [0.1, 0.15) is 5.75 Å². The van der Waals surface area contributed by atoms with Gasteiger partial charge >= 0.3 is 0 Å². The Labute approximate surface area is 125 Å². The van der Waals surface area contributed by atoms with Gasteiger partial charge in [-0.1, -0.05) is 24.3 Å². The Kier molecular flexibility index (Phi) is 3.78. The number of rotatable bonds is 4. The predicted octanol–water partition coefficient (Wildman–Crippen LogP) is 4.19. The summed E-state index contributed by atoms with van der Waals surface area (Å²) in [6, 6.07) is 13.5. The van der Waals surface area contributed by atoms with E-state index in [1.54, 1.807) is 0 Å². The first-order valence-corrected chi connectivity index (χ1v) is 7.57. The van der Waals surface area contributed by atoms with Crippen LogP contribution in [0.15, 0.2) is 42.5 Å². The SMILES string of the molecule is CC(C)Oc1cccc(C(=O)c2ccc3c(c2)CCC3)c1. The summed E-state index contributed by atoms with van der Waals surface area (Å²) in [5.74, 6) is 0.816. The minimum atomic E-state index is 0.0684. The molecule has 0 aliphatic heterocycles. The van der Waals surface area contributed by atoms with Crippen molar-refractivity contribution in [2.45, 2.75) is 39.2 Å². The maximum Gasteiger partial charge on any atom is 0.193 e. The van der Waals surface area contributed by atoms with Crippen molar-refractivity contribution < 1.29 is 9.53 Å². The Morgan fingerprint density at radius 1 is 1.00 bits per heavy atom. The first-order chi connectivity index (χ1) is 10.1. The average molecular weight is 280 g/mol. The van der Waals surface area contributed by atoms with Gasteiger partial charge in [0.2, 0.25) is 0 Å². The summed E-state index contributed by atoms with van der Waals surface area (Å²) in [6.07, 6.45) is 3.54. The third kappa shape index (κ3) is 2.99. The van der Waals surface area contributed by atoms with Gasteiger partial charge in [0.15, 0.2) is 5.78 Å². The van der Waals surface area contributed by atoms with Gasteiger partial charge in [0, 0.05) is 11.1 Å². The van der Waals surface area contributed by atoms with Gasteiger partial charge in [0.05, 0.1) is 6.10 Å². The number of aryl methyl sites for hydroxylation is 2. The lowest BCUT2D eigenvalue weighted by Crippen LogP contribution is -2.07. The molecular formula is C19H20O2. The quantitative estimate of drug-likeness (QED) is 0.785. The average Bonchev–Trinajstić information content (AvgIpc) is 2.93. The number of fused-ring (bicyclic) bond motifs is 1. The fraction of sp³-hybridized carbons (Fsp3) is 0.316. The van der Waals surface area contributed by atoms with E-state index < -0.39 is 0 Å². The van der Waals surface area contributed by atoms with Crippen molar-refractivity contribution in [1.29, 1.82) is 0 Å². The molecule has 1 aliphatic rings. The first-order valence-electron chi connectivity index (χ1n) is 7.57. The Hall–Kier alpha value is -2.09. The van der Waals surface area contributed by atoms with Crippen LogP contribution < -0.4 is 4.74 Å². The summed E-state index contributed by atoms with van der Waals surface area (Å²) in [7, 11) is 0. The maximum absolute atomic E-state index is 12.6. The van der Waals surface area contributed by atoms with E-state index >= 15 is 0 Å². The summed E-state index contributed by atoms with van der Waals surface area (Å²) >= 11 is 0. The zero-order valence-electron chi connectivity index (χ0n) is 12.6. The molecule has 2 heteroatoms. The van der Waals surface area contributed by atoms with Gasteiger partial charge in [-0.25, -0.2) is 0 Å². The number of carbonyl (C=O) groups is 1. The number of carbonyl (C=O) groups excluding carboxylic acids is 1. The molecule has 0 heterocycles. The summed E-state index contributed by atoms with van der Waals surface area (Å²) < 4.78 is 5.66. The summed E-state index contributed by atoms with van der Waals surface area (Å²) in [4.78, 5) is 12.6. The fourth-order valence-electron chi connectivity index (χ4n) is 2.86. The van der Waals surface area contributed by atoms with E-state index in [0.717, 1.165) is 24.2 Å². The van der Waals surface area contributed by atoms with E-state index in [-0.39, 0.29) is 11.9 Å². The maximum atomic E-state index is 12.6. The second-order valence-electron chi connectivity index (χ2n) is 5.86. The van der Waals surface area contributed by atoms with Gasteiger partial charge in [-0.05, 0) is 62.4 Å². The van der Waals surface area contributed by atoms with Crippen molar-refractivity contribution in [2.75, 3.05) is 0 Å². The van der Waals surface area contributed by atoms with Crippen LogP contribution in [-0.2, 0) is 12.8 Å². The third-order valence-corrected chi connectivity index (χ3v) is 3.83. The van der Waals surface area contributed by atoms with Crippen LogP contribution in [0, 0.1) is 0 Å². The Balaban J connectivity index is 1.88. The molecule has 2 aromatic carbocycles. The fourth-order valence-corrected chi connectivity index (χ4v) is 2.86. The van der Waals surface area contributed by atoms with Crippen molar-refractivity contribution in [3.05, 3.63) is 64.7 Å². The van der Waals surface area contributed by atoms with Crippen LogP contribution in [0.1, 0.15) is 47.3 Å². The number of hydrogen-bond acceptors (Lipinski definition) is 2. The lowest BCUT2D eigenvalue weighted by Gasteiger charge is -2.11. The van der Waals surface area contributed by atoms with E-state index in [1.807, 2.05) is 44.2 Å². The minimum absolute atomic E-state index is 0.0684. The lowest BCUT2D eigenvalue weighted by molar-refractivity contribution is 0.103. The Morgan fingerprint density at radius 2 is 1.76 bits per heavy atom. The normalized spacial score (nSPS) is 13.3. The molecule has 0 unspecified atom stereocenters. The topological polar surface area (TPSA) is 26.3 Å². The van der Waals surface area contributed by atoms with E-state index in [2.05, 4.69) is 12.1 Å². The lowest BCUT2D eigenvalue weighted by atomic mass is 9.99. The summed E-state index contributed by atoms with van der Waals surface area (Å²) in [5, 5.41) is 0. The molecule has 21 heavy (non-hydrogen) atoms. The van der Waals surface area contributed by atoms with Crippen molar-refractivity contribution in [3.63, 3.8) is 0 Å². The molecular weight excluding hydrogens is 260 g/mol. The number of ether oxygens (including phenoxy) is 1. The molecule has 108 valence electrons. The van der Waals surface area contributed by atoms with Crippen LogP contribution in [-0.4, -0.2) is 11.9 Å². The third-order valence-electron chi connectivity index (χ3n) is 3.83. The summed E-state index contributed by atoms with van der Waals surface area (Å²) in [5.41, 5.74) is 4.18. The van der Waals surface area contributed by atoms with E-state index in [0.29, 0.717) is 5.56 Å². The zero-order chi connectivity index (χ0) is 14.8. The minimum Gasteiger partial charge on any atom is -0.491 e. The van der Waals surface area contributed by atoms with Crippen LogP contribution in [0.5, 0.6) is 5.75 Å². The van der Waals surface area contributed by atoms with Crippen LogP contribution >= 0.6 is 0 Å². The highest BCUT2D eigenvalue weighted by molar-refractivity contribution is 6.09. The second kappa shape index (κ2) is 5.72. The molecule has 0 aromatic heterocycles. The second-order valence-corrected chi connectivity index (χ2v) is 5.86. The highest BCUT2D eigenvalue weighted by atomic mass is 16.5. The molecule has 0 radical (unpaired) electrons. The molecule has 0 bridgehead atoms. The Morgan fingerprint density at radius 3 is 2.57 bits per heavy atom. The molecule has 0 N–H and O–H groups in total. The van der Waals surface area contributed by atoms with Crippen molar-refractivity contribution >= 4 is 5.78 Å². The molecule has 0 spiro atoms. The van der Waals surface area contributed by atoms with Gasteiger partial charge in [-0.15, -0.1) is 0 Å². The molecule has 3 rings (SSSR count). The Bertz CT molecular complexity index is 671. The van der Waals surface area contributed by atoms with Gasteiger partial charge in [-0.3, -0.25) is 4.79 Å². The summed E-state index contributed by atoms with van der Waals surface area (Å²) in [6.45, 7) is 3.96. The highest BCUT2D eigenvalue weighted by Gasteiger charge is 2.15.